The lowest BCUT2D eigenvalue weighted by Gasteiger charge is -2.08. The van der Waals surface area contributed by atoms with E-state index in [1.807, 2.05) is 19.1 Å². The number of carboxylic acid groups (broad SMARTS) is 1. The molecule has 0 radical (unpaired) electrons. The van der Waals surface area contributed by atoms with Crippen LogP contribution in [0.15, 0.2) is 18.3 Å². The Balaban J connectivity index is 2.19. The number of aliphatic carboxylic acids is 1. The number of tetrazole rings is 1. The number of rotatable bonds is 5. The number of aryl methyl sites for hydroxylation is 2. The lowest BCUT2D eigenvalue weighted by molar-refractivity contribution is -0.141. The highest BCUT2D eigenvalue weighted by molar-refractivity contribution is 5.69. The van der Waals surface area contributed by atoms with Crippen LogP contribution in [-0.2, 0) is 11.3 Å². The van der Waals surface area contributed by atoms with E-state index < -0.39 is 11.9 Å². The first kappa shape index (κ1) is 13.1. The fourth-order valence-electron chi connectivity index (χ4n) is 1.68. The molecule has 7 nitrogen and oxygen atoms in total. The van der Waals surface area contributed by atoms with E-state index in [1.54, 1.807) is 17.8 Å². The number of aromatic nitrogens is 5. The van der Waals surface area contributed by atoms with E-state index in [4.69, 9.17) is 5.11 Å². The summed E-state index contributed by atoms with van der Waals surface area (Å²) in [7, 11) is 0. The molecule has 0 aliphatic rings. The highest BCUT2D eigenvalue weighted by Gasteiger charge is 2.15. The Morgan fingerprint density at radius 1 is 1.53 bits per heavy atom. The standard InChI is InChI=1S/C12H15N5O2/c1-8-4-3-6-13-10(8)11-14-15-16-17(11)7-5-9(2)12(18)19/h3-4,6,9H,5,7H2,1-2H3,(H,18,19). The molecular weight excluding hydrogens is 246 g/mol. The number of hydrogen-bond donors (Lipinski definition) is 1. The van der Waals surface area contributed by atoms with Gasteiger partial charge in [-0.1, -0.05) is 13.0 Å². The van der Waals surface area contributed by atoms with Gasteiger partial charge in [-0.3, -0.25) is 9.78 Å². The molecule has 2 rings (SSSR count). The molecule has 2 heterocycles. The van der Waals surface area contributed by atoms with Gasteiger partial charge < -0.3 is 5.11 Å². The molecule has 0 aliphatic carbocycles. The van der Waals surface area contributed by atoms with Gasteiger partial charge in [-0.05, 0) is 35.4 Å². The van der Waals surface area contributed by atoms with Crippen LogP contribution in [0.4, 0.5) is 0 Å². The van der Waals surface area contributed by atoms with E-state index in [0.29, 0.717) is 18.8 Å². The first-order valence-electron chi connectivity index (χ1n) is 6.00. The maximum atomic E-state index is 10.8. The van der Waals surface area contributed by atoms with Gasteiger partial charge in [0.1, 0.15) is 5.69 Å². The van der Waals surface area contributed by atoms with Crippen LogP contribution in [0.25, 0.3) is 11.5 Å². The van der Waals surface area contributed by atoms with Crippen molar-refractivity contribution in [2.24, 2.45) is 5.92 Å². The lowest BCUT2D eigenvalue weighted by Crippen LogP contribution is -2.14. The molecule has 1 atom stereocenters. The van der Waals surface area contributed by atoms with Gasteiger partial charge in [-0.25, -0.2) is 4.68 Å². The van der Waals surface area contributed by atoms with Crippen LogP contribution in [0, 0.1) is 12.8 Å². The number of carboxylic acids is 1. The summed E-state index contributed by atoms with van der Waals surface area (Å²) < 4.78 is 1.59. The normalized spacial score (nSPS) is 12.3. The van der Waals surface area contributed by atoms with Gasteiger partial charge in [0.2, 0.25) is 5.82 Å². The van der Waals surface area contributed by atoms with Crippen molar-refractivity contribution >= 4 is 5.97 Å². The molecule has 0 bridgehead atoms. The van der Waals surface area contributed by atoms with Crippen molar-refractivity contribution in [1.82, 2.24) is 25.2 Å². The third-order valence-electron chi connectivity index (χ3n) is 2.95. The molecule has 19 heavy (non-hydrogen) atoms. The second-order valence-electron chi connectivity index (χ2n) is 4.42. The summed E-state index contributed by atoms with van der Waals surface area (Å²) >= 11 is 0. The van der Waals surface area contributed by atoms with Crippen molar-refractivity contribution in [3.8, 4) is 11.5 Å². The molecule has 0 amide bonds. The van der Waals surface area contributed by atoms with Crippen LogP contribution in [-0.4, -0.2) is 36.3 Å². The Morgan fingerprint density at radius 2 is 2.32 bits per heavy atom. The molecule has 0 spiro atoms. The molecule has 0 saturated heterocycles. The zero-order valence-corrected chi connectivity index (χ0v) is 10.8. The Morgan fingerprint density at radius 3 is 3.00 bits per heavy atom. The van der Waals surface area contributed by atoms with E-state index in [-0.39, 0.29) is 0 Å². The SMILES string of the molecule is Cc1cccnc1-c1nnnn1CCC(C)C(=O)O. The first-order chi connectivity index (χ1) is 9.09. The minimum atomic E-state index is -0.816. The predicted molar refractivity (Wildman–Crippen MR) is 67.2 cm³/mol. The molecule has 0 aliphatic heterocycles. The monoisotopic (exact) mass is 261 g/mol. The van der Waals surface area contributed by atoms with Crippen molar-refractivity contribution in [1.29, 1.82) is 0 Å². The van der Waals surface area contributed by atoms with Crippen molar-refractivity contribution in [2.45, 2.75) is 26.8 Å². The topological polar surface area (TPSA) is 93.8 Å². The average molecular weight is 261 g/mol. The van der Waals surface area contributed by atoms with E-state index in [0.717, 1.165) is 11.3 Å². The summed E-state index contributed by atoms with van der Waals surface area (Å²) in [5, 5.41) is 20.4. The molecule has 100 valence electrons. The summed E-state index contributed by atoms with van der Waals surface area (Å²) in [5.41, 5.74) is 1.69. The van der Waals surface area contributed by atoms with Crippen molar-refractivity contribution < 1.29 is 9.90 Å². The van der Waals surface area contributed by atoms with Crippen LogP contribution in [0.3, 0.4) is 0 Å². The summed E-state index contributed by atoms with van der Waals surface area (Å²) in [6, 6.07) is 3.78. The number of nitrogens with zero attached hydrogens (tertiary/aromatic N) is 5. The third-order valence-corrected chi connectivity index (χ3v) is 2.95. The number of hydrogen-bond acceptors (Lipinski definition) is 5. The third kappa shape index (κ3) is 2.93. The number of pyridine rings is 1. The first-order valence-corrected chi connectivity index (χ1v) is 6.00. The molecule has 0 saturated carbocycles. The van der Waals surface area contributed by atoms with Gasteiger partial charge in [-0.15, -0.1) is 5.10 Å². The molecule has 1 N–H and O–H groups in total. The van der Waals surface area contributed by atoms with Gasteiger partial charge in [-0.2, -0.15) is 0 Å². The smallest absolute Gasteiger partial charge is 0.306 e. The Labute approximate surface area is 110 Å². The highest BCUT2D eigenvalue weighted by atomic mass is 16.4. The van der Waals surface area contributed by atoms with Crippen LogP contribution >= 0.6 is 0 Å². The van der Waals surface area contributed by atoms with E-state index in [9.17, 15) is 4.79 Å². The van der Waals surface area contributed by atoms with Crippen molar-refractivity contribution in [3.05, 3.63) is 23.9 Å². The molecule has 2 aromatic heterocycles. The van der Waals surface area contributed by atoms with E-state index in [2.05, 4.69) is 20.5 Å². The maximum Gasteiger partial charge on any atom is 0.306 e. The molecule has 1 unspecified atom stereocenters. The molecular formula is C12H15N5O2. The van der Waals surface area contributed by atoms with Gasteiger partial charge in [0, 0.05) is 12.7 Å². The summed E-state index contributed by atoms with van der Waals surface area (Å²) in [4.78, 5) is 15.1. The predicted octanol–water partition coefficient (Wildman–Crippen LogP) is 1.15. The second kappa shape index (κ2) is 5.55. The van der Waals surface area contributed by atoms with Crippen molar-refractivity contribution in [2.75, 3.05) is 0 Å². The van der Waals surface area contributed by atoms with Gasteiger partial charge in [0.05, 0.1) is 5.92 Å². The van der Waals surface area contributed by atoms with E-state index in [1.165, 1.54) is 0 Å². The van der Waals surface area contributed by atoms with Gasteiger partial charge in [0.15, 0.2) is 0 Å². The average Bonchev–Trinajstić information content (AvgIpc) is 2.84. The molecule has 2 aromatic rings. The van der Waals surface area contributed by atoms with Gasteiger partial charge >= 0.3 is 5.97 Å². The van der Waals surface area contributed by atoms with Crippen LogP contribution in [0.1, 0.15) is 18.9 Å². The highest BCUT2D eigenvalue weighted by Crippen LogP contribution is 2.17. The molecule has 0 aromatic carbocycles. The number of carbonyl (C=O) groups is 1. The molecule has 0 fully saturated rings. The van der Waals surface area contributed by atoms with Crippen molar-refractivity contribution in [3.63, 3.8) is 0 Å². The Bertz CT molecular complexity index is 581. The summed E-state index contributed by atoms with van der Waals surface area (Å²) in [6.07, 6.45) is 2.15. The van der Waals surface area contributed by atoms with E-state index >= 15 is 0 Å². The minimum absolute atomic E-state index is 0.429. The van der Waals surface area contributed by atoms with Crippen LogP contribution in [0.2, 0.25) is 0 Å². The molecule has 7 heteroatoms. The lowest BCUT2D eigenvalue weighted by atomic mass is 10.1. The summed E-state index contributed by atoms with van der Waals surface area (Å²) in [6.45, 7) is 4.05. The fraction of sp³-hybridized carbons (Fsp3) is 0.417. The fourth-order valence-corrected chi connectivity index (χ4v) is 1.68. The Kier molecular flexibility index (Phi) is 3.84. The summed E-state index contributed by atoms with van der Waals surface area (Å²) in [5.74, 6) is -0.679. The largest absolute Gasteiger partial charge is 0.481 e. The zero-order chi connectivity index (χ0) is 13.8. The zero-order valence-electron chi connectivity index (χ0n) is 10.8. The second-order valence-corrected chi connectivity index (χ2v) is 4.42. The quantitative estimate of drug-likeness (QED) is 0.867. The van der Waals surface area contributed by atoms with Crippen LogP contribution in [0.5, 0.6) is 0 Å². The Hall–Kier alpha value is -2.31. The van der Waals surface area contributed by atoms with Gasteiger partial charge in [0.25, 0.3) is 0 Å². The van der Waals surface area contributed by atoms with Crippen LogP contribution < -0.4 is 0 Å². The minimum Gasteiger partial charge on any atom is -0.481 e. The maximum absolute atomic E-state index is 10.8.